The van der Waals surface area contributed by atoms with Crippen LogP contribution in [0.1, 0.15) is 284 Å². The highest BCUT2D eigenvalue weighted by Gasteiger charge is 2.25. The molecule has 0 spiro atoms. The number of phosphoric acid groups is 1. The van der Waals surface area contributed by atoms with E-state index in [4.69, 9.17) is 24.3 Å². The van der Waals surface area contributed by atoms with Crippen molar-refractivity contribution in [2.75, 3.05) is 33.0 Å². The molecule has 0 aromatic rings. The largest absolute Gasteiger partial charge is 0.472 e. The number of allylic oxidation sites excluding steroid dienone is 2. The highest BCUT2D eigenvalue weighted by atomic mass is 31.2. The monoisotopic (exact) mass is 900 g/mol. The molecule has 0 amide bonds. The molecule has 0 radical (unpaired) electrons. The molecule has 0 heterocycles. The zero-order valence-corrected chi connectivity index (χ0v) is 42.3. The maximum Gasteiger partial charge on any atom is 0.472 e. The molecule has 2 unspecified atom stereocenters. The van der Waals surface area contributed by atoms with Gasteiger partial charge in [-0.25, -0.2) is 4.57 Å². The van der Waals surface area contributed by atoms with E-state index in [9.17, 15) is 14.3 Å². The second-order valence-corrected chi connectivity index (χ2v) is 19.9. The van der Waals surface area contributed by atoms with Gasteiger partial charge in [-0.15, -0.1) is 0 Å². The van der Waals surface area contributed by atoms with E-state index < -0.39 is 13.9 Å². The predicted molar refractivity (Wildman–Crippen MR) is 266 cm³/mol. The van der Waals surface area contributed by atoms with Gasteiger partial charge in [0.1, 0.15) is 6.10 Å². The van der Waals surface area contributed by atoms with Crippen LogP contribution in [0.3, 0.4) is 0 Å². The Morgan fingerprint density at radius 3 is 1.18 bits per heavy atom. The molecule has 62 heavy (non-hydrogen) atoms. The fraction of sp³-hybridized carbons (Fsp3) is 0.943. The van der Waals surface area contributed by atoms with Crippen molar-refractivity contribution in [3.8, 4) is 0 Å². The first-order valence-electron chi connectivity index (χ1n) is 27.2. The topological polar surface area (TPSA) is 117 Å². The van der Waals surface area contributed by atoms with Crippen LogP contribution in [0.25, 0.3) is 0 Å². The average molecular weight is 900 g/mol. The van der Waals surface area contributed by atoms with Gasteiger partial charge in [-0.3, -0.25) is 13.8 Å². The van der Waals surface area contributed by atoms with Crippen LogP contribution in [-0.4, -0.2) is 49.9 Å². The summed E-state index contributed by atoms with van der Waals surface area (Å²) in [5.41, 5.74) is 5.39. The zero-order valence-electron chi connectivity index (χ0n) is 41.4. The lowest BCUT2D eigenvalue weighted by molar-refractivity contribution is -0.154. The summed E-state index contributed by atoms with van der Waals surface area (Å²) in [5.74, 6) is -0.328. The van der Waals surface area contributed by atoms with E-state index in [2.05, 4.69) is 26.0 Å². The van der Waals surface area contributed by atoms with Gasteiger partial charge < -0.3 is 20.1 Å². The van der Waals surface area contributed by atoms with Crippen LogP contribution in [0.5, 0.6) is 0 Å². The first-order valence-corrected chi connectivity index (χ1v) is 28.7. The van der Waals surface area contributed by atoms with Crippen LogP contribution in [0, 0.1) is 0 Å². The second-order valence-electron chi connectivity index (χ2n) is 18.5. The second kappa shape index (κ2) is 51.2. The Bertz CT molecular complexity index is 966. The van der Waals surface area contributed by atoms with Crippen LogP contribution >= 0.6 is 7.82 Å². The van der Waals surface area contributed by atoms with E-state index in [0.717, 1.165) is 32.1 Å². The summed E-state index contributed by atoms with van der Waals surface area (Å²) in [4.78, 5) is 22.6. The molecule has 0 fully saturated rings. The minimum atomic E-state index is -4.28. The maximum absolute atomic E-state index is 12.6. The summed E-state index contributed by atoms with van der Waals surface area (Å²) < 4.78 is 33.6. The fourth-order valence-corrected chi connectivity index (χ4v) is 8.94. The van der Waals surface area contributed by atoms with Crippen molar-refractivity contribution >= 4 is 13.8 Å². The number of phosphoric ester groups is 1. The fourth-order valence-electron chi connectivity index (χ4n) is 8.17. The third kappa shape index (κ3) is 50.2. The van der Waals surface area contributed by atoms with Crippen molar-refractivity contribution in [2.45, 2.75) is 290 Å². The molecule has 0 rings (SSSR count). The lowest BCUT2D eigenvalue weighted by atomic mass is 10.0. The number of hydrogen-bond donors (Lipinski definition) is 2. The summed E-state index contributed by atoms with van der Waals surface area (Å²) in [6.45, 7) is 4.98. The lowest BCUT2D eigenvalue weighted by Crippen LogP contribution is -2.28. The third-order valence-electron chi connectivity index (χ3n) is 12.2. The maximum atomic E-state index is 12.6. The summed E-state index contributed by atoms with van der Waals surface area (Å²) in [5, 5.41) is 0. The molecule has 8 nitrogen and oxygen atoms in total. The van der Waals surface area contributed by atoms with Crippen molar-refractivity contribution in [3.05, 3.63) is 12.2 Å². The molecular weight excluding hydrogens is 794 g/mol. The molecule has 0 saturated heterocycles. The Hall–Kier alpha value is -0.760. The van der Waals surface area contributed by atoms with Crippen LogP contribution in [0.4, 0.5) is 0 Å². The molecule has 370 valence electrons. The Labute approximate surface area is 385 Å². The van der Waals surface area contributed by atoms with Crippen molar-refractivity contribution in [1.82, 2.24) is 0 Å². The van der Waals surface area contributed by atoms with E-state index in [1.165, 1.54) is 231 Å². The molecule has 9 heteroatoms. The highest BCUT2D eigenvalue weighted by molar-refractivity contribution is 7.47. The first kappa shape index (κ1) is 61.2. The Morgan fingerprint density at radius 1 is 0.468 bits per heavy atom. The average Bonchev–Trinajstić information content (AvgIpc) is 3.26. The molecule has 0 aromatic heterocycles. The van der Waals surface area contributed by atoms with Crippen molar-refractivity contribution < 1.29 is 32.8 Å². The molecule has 2 atom stereocenters. The van der Waals surface area contributed by atoms with Gasteiger partial charge in [0.15, 0.2) is 0 Å². The standard InChI is InChI=1S/C53H106NO7P/c1-3-5-7-9-11-13-15-17-19-21-22-23-24-25-26-27-28-29-31-33-35-37-39-41-43-45-48-58-50-52(51-60-62(56,57)59-49-47-54)61-53(55)46-44-42-40-38-36-34-32-30-20-18-16-14-12-10-8-6-4-2/h18,20,52H,3-17,19,21-51,54H2,1-2H3,(H,56,57)/b20-18-. The van der Waals surface area contributed by atoms with Gasteiger partial charge in [0, 0.05) is 19.6 Å². The number of carbonyl (C=O) groups is 1. The zero-order chi connectivity index (χ0) is 45.1. The van der Waals surface area contributed by atoms with Crippen LogP contribution in [0.2, 0.25) is 0 Å². The van der Waals surface area contributed by atoms with Gasteiger partial charge in [-0.05, 0) is 38.5 Å². The van der Waals surface area contributed by atoms with Gasteiger partial charge in [0.05, 0.1) is 19.8 Å². The van der Waals surface area contributed by atoms with Crippen LogP contribution < -0.4 is 5.73 Å². The molecular formula is C53H106NO7P. The molecule has 0 saturated carbocycles. The molecule has 0 aromatic carbocycles. The van der Waals surface area contributed by atoms with Gasteiger partial charge in [0.2, 0.25) is 0 Å². The molecule has 0 aliphatic rings. The summed E-state index contributed by atoms with van der Waals surface area (Å²) in [6, 6.07) is 0. The number of esters is 1. The van der Waals surface area contributed by atoms with Gasteiger partial charge in [-0.1, -0.05) is 251 Å². The molecule has 0 aliphatic heterocycles. The summed E-state index contributed by atoms with van der Waals surface area (Å²) in [7, 11) is -4.28. The minimum Gasteiger partial charge on any atom is -0.457 e. The van der Waals surface area contributed by atoms with E-state index in [0.29, 0.717) is 13.0 Å². The Kier molecular flexibility index (Phi) is 50.6. The molecule has 0 aliphatic carbocycles. The highest BCUT2D eigenvalue weighted by Crippen LogP contribution is 2.43. The normalized spacial score (nSPS) is 13.3. The lowest BCUT2D eigenvalue weighted by Gasteiger charge is -2.20. The minimum absolute atomic E-state index is 0.0926. The Morgan fingerprint density at radius 2 is 0.806 bits per heavy atom. The number of carbonyl (C=O) groups excluding carboxylic acids is 1. The number of hydrogen-bond acceptors (Lipinski definition) is 7. The van der Waals surface area contributed by atoms with Crippen molar-refractivity contribution in [2.24, 2.45) is 5.73 Å². The van der Waals surface area contributed by atoms with E-state index in [1.807, 2.05) is 0 Å². The predicted octanol–water partition coefficient (Wildman–Crippen LogP) is 17.0. The number of ether oxygens (including phenoxy) is 2. The van der Waals surface area contributed by atoms with Crippen LogP contribution in [-0.2, 0) is 27.9 Å². The van der Waals surface area contributed by atoms with E-state index in [1.54, 1.807) is 0 Å². The summed E-state index contributed by atoms with van der Waals surface area (Å²) >= 11 is 0. The number of rotatable bonds is 53. The Balaban J connectivity index is 3.83. The third-order valence-corrected chi connectivity index (χ3v) is 13.2. The van der Waals surface area contributed by atoms with E-state index >= 15 is 0 Å². The van der Waals surface area contributed by atoms with Gasteiger partial charge in [-0.2, -0.15) is 0 Å². The SMILES string of the molecule is CCCCCCCC/C=C\CCCCCCCCCC(=O)OC(COCCCCCCCCCCCCCCCCCCCCCCCCCCCC)COP(=O)(O)OCCN. The smallest absolute Gasteiger partial charge is 0.457 e. The number of unbranched alkanes of at least 4 members (excludes halogenated alkanes) is 38. The van der Waals surface area contributed by atoms with Crippen molar-refractivity contribution in [3.63, 3.8) is 0 Å². The van der Waals surface area contributed by atoms with Gasteiger partial charge in [0.25, 0.3) is 0 Å². The molecule has 0 bridgehead atoms. The quantitative estimate of drug-likeness (QED) is 0.0268. The number of nitrogens with two attached hydrogens (primary N) is 1. The first-order chi connectivity index (χ1) is 30.4. The van der Waals surface area contributed by atoms with E-state index in [-0.39, 0.29) is 32.3 Å². The van der Waals surface area contributed by atoms with Crippen LogP contribution in [0.15, 0.2) is 12.2 Å². The summed E-state index contributed by atoms with van der Waals surface area (Å²) in [6.07, 6.45) is 58.3. The molecule has 3 N–H and O–H groups in total. The van der Waals surface area contributed by atoms with Gasteiger partial charge >= 0.3 is 13.8 Å². The van der Waals surface area contributed by atoms with Crippen molar-refractivity contribution in [1.29, 1.82) is 0 Å².